The Balaban J connectivity index is 1.50. The summed E-state index contributed by atoms with van der Waals surface area (Å²) in [5.74, 6) is -1.01. The lowest BCUT2D eigenvalue weighted by atomic mass is 10.1. The number of fused-ring (bicyclic) bond motifs is 1. The second-order valence-electron chi connectivity index (χ2n) is 8.17. The van der Waals surface area contributed by atoms with Gasteiger partial charge in [-0.2, -0.15) is 0 Å². The van der Waals surface area contributed by atoms with Crippen LogP contribution in [0.1, 0.15) is 39.6 Å². The van der Waals surface area contributed by atoms with Gasteiger partial charge >= 0.3 is 5.97 Å². The van der Waals surface area contributed by atoms with Gasteiger partial charge in [-0.15, -0.1) is 0 Å². The summed E-state index contributed by atoms with van der Waals surface area (Å²) in [7, 11) is 0. The molecule has 6 nitrogen and oxygen atoms in total. The Hall–Kier alpha value is -4.16. The number of esters is 1. The molecule has 182 valence electrons. The van der Waals surface area contributed by atoms with Crippen LogP contribution in [0.2, 0.25) is 5.02 Å². The lowest BCUT2D eigenvalue weighted by Crippen LogP contribution is -2.18. The van der Waals surface area contributed by atoms with Crippen LogP contribution in [0.5, 0.6) is 0 Å². The normalized spacial score (nSPS) is 10.6. The number of amides is 2. The molecule has 2 N–H and O–H groups in total. The second-order valence-corrected chi connectivity index (χ2v) is 8.60. The molecule has 0 radical (unpaired) electrons. The van der Waals surface area contributed by atoms with E-state index in [4.69, 9.17) is 16.3 Å². The number of ether oxygens (including phenoxy) is 1. The molecular formula is C29H25ClN2O4. The smallest absolute Gasteiger partial charge is 0.306 e. The van der Waals surface area contributed by atoms with Gasteiger partial charge in [0.1, 0.15) is 0 Å². The Kier molecular flexibility index (Phi) is 7.98. The van der Waals surface area contributed by atoms with Gasteiger partial charge in [-0.05, 0) is 72.1 Å². The minimum Gasteiger partial charge on any atom is -0.466 e. The number of carbonyl (C=O) groups is 3. The maximum Gasteiger partial charge on any atom is 0.306 e. The Morgan fingerprint density at radius 1 is 0.806 bits per heavy atom. The third-order valence-corrected chi connectivity index (χ3v) is 5.83. The topological polar surface area (TPSA) is 84.5 Å². The maximum absolute atomic E-state index is 13.1. The first-order valence-electron chi connectivity index (χ1n) is 11.6. The third-order valence-electron chi connectivity index (χ3n) is 5.59. The monoisotopic (exact) mass is 500 g/mol. The Bertz CT molecular complexity index is 1430. The molecule has 7 heteroatoms. The zero-order valence-corrected chi connectivity index (χ0v) is 20.5. The highest BCUT2D eigenvalue weighted by Crippen LogP contribution is 2.24. The van der Waals surface area contributed by atoms with Crippen LogP contribution in [0.4, 0.5) is 11.4 Å². The van der Waals surface area contributed by atoms with Crippen LogP contribution in [0.15, 0.2) is 84.9 Å². The number of anilines is 2. The predicted octanol–water partition coefficient (Wildman–Crippen LogP) is 6.49. The average molecular weight is 501 g/mol. The first-order chi connectivity index (χ1) is 17.4. The Morgan fingerprint density at radius 2 is 1.61 bits per heavy atom. The molecule has 4 aromatic carbocycles. The third kappa shape index (κ3) is 6.29. The summed E-state index contributed by atoms with van der Waals surface area (Å²) >= 11 is 6.17. The van der Waals surface area contributed by atoms with Crippen molar-refractivity contribution >= 4 is 51.5 Å². The van der Waals surface area contributed by atoms with Gasteiger partial charge in [0.2, 0.25) is 0 Å². The van der Waals surface area contributed by atoms with Gasteiger partial charge in [-0.3, -0.25) is 14.4 Å². The molecule has 36 heavy (non-hydrogen) atoms. The molecule has 0 aromatic heterocycles. The van der Waals surface area contributed by atoms with Crippen molar-refractivity contribution in [1.29, 1.82) is 0 Å². The van der Waals surface area contributed by atoms with Crippen molar-refractivity contribution in [3.63, 3.8) is 0 Å². The van der Waals surface area contributed by atoms with E-state index < -0.39 is 5.91 Å². The largest absolute Gasteiger partial charge is 0.466 e. The average Bonchev–Trinajstić information content (AvgIpc) is 2.87. The minimum absolute atomic E-state index is 0.257. The molecular weight excluding hydrogens is 476 g/mol. The molecule has 4 rings (SSSR count). The number of benzene rings is 4. The van der Waals surface area contributed by atoms with E-state index in [0.717, 1.165) is 16.3 Å². The first kappa shape index (κ1) is 24.9. The fraction of sp³-hybridized carbons (Fsp3) is 0.138. The summed E-state index contributed by atoms with van der Waals surface area (Å²) in [6.07, 6.45) is 0.754. The van der Waals surface area contributed by atoms with E-state index >= 15 is 0 Å². The van der Waals surface area contributed by atoms with Crippen molar-refractivity contribution in [3.8, 4) is 0 Å². The summed E-state index contributed by atoms with van der Waals surface area (Å²) in [4.78, 5) is 37.8. The van der Waals surface area contributed by atoms with E-state index in [1.54, 1.807) is 55.5 Å². The van der Waals surface area contributed by atoms with Crippen LogP contribution in [0.3, 0.4) is 0 Å². The van der Waals surface area contributed by atoms with Gasteiger partial charge < -0.3 is 15.4 Å². The van der Waals surface area contributed by atoms with Crippen molar-refractivity contribution < 1.29 is 19.1 Å². The molecule has 0 aliphatic carbocycles. The van der Waals surface area contributed by atoms with Crippen LogP contribution in [0.25, 0.3) is 10.8 Å². The molecule has 0 aliphatic heterocycles. The molecule has 0 fully saturated rings. The molecule has 4 aromatic rings. The summed E-state index contributed by atoms with van der Waals surface area (Å²) < 4.78 is 4.97. The van der Waals surface area contributed by atoms with Crippen LogP contribution >= 0.6 is 11.6 Å². The van der Waals surface area contributed by atoms with Gasteiger partial charge in [-0.1, -0.05) is 54.1 Å². The van der Waals surface area contributed by atoms with E-state index in [1.807, 2.05) is 36.4 Å². The standard InChI is InChI=1S/C29H25ClN2O4/c1-2-36-27(33)15-10-19-6-5-9-24(16-19)31-29(35)25-14-13-23(30)18-26(25)32-28(34)22-12-11-20-7-3-4-8-21(20)17-22/h3-9,11-14,16-18H,2,10,15H2,1H3,(H,31,35)(H,32,34). The van der Waals surface area contributed by atoms with E-state index in [1.165, 1.54) is 0 Å². The van der Waals surface area contributed by atoms with Crippen LogP contribution in [0, 0.1) is 0 Å². The van der Waals surface area contributed by atoms with E-state index in [2.05, 4.69) is 10.6 Å². The number of hydrogen-bond donors (Lipinski definition) is 2. The van der Waals surface area contributed by atoms with Gasteiger partial charge in [0.15, 0.2) is 0 Å². The lowest BCUT2D eigenvalue weighted by Gasteiger charge is -2.13. The predicted molar refractivity (Wildman–Crippen MR) is 143 cm³/mol. The zero-order valence-electron chi connectivity index (χ0n) is 19.7. The first-order valence-corrected chi connectivity index (χ1v) is 12.0. The molecule has 0 atom stereocenters. The highest BCUT2D eigenvalue weighted by atomic mass is 35.5. The SMILES string of the molecule is CCOC(=O)CCc1cccc(NC(=O)c2ccc(Cl)cc2NC(=O)c2ccc3ccccc3c2)c1. The van der Waals surface area contributed by atoms with E-state index in [9.17, 15) is 14.4 Å². The number of hydrogen-bond acceptors (Lipinski definition) is 4. The highest BCUT2D eigenvalue weighted by Gasteiger charge is 2.16. The van der Waals surface area contributed by atoms with Gasteiger partial charge in [0.25, 0.3) is 11.8 Å². The number of nitrogens with one attached hydrogen (secondary N) is 2. The molecule has 0 spiro atoms. The summed E-state index contributed by atoms with van der Waals surface area (Å²) in [5, 5.41) is 8.04. The number of carbonyl (C=O) groups excluding carboxylic acids is 3. The van der Waals surface area contributed by atoms with E-state index in [-0.39, 0.29) is 23.9 Å². The van der Waals surface area contributed by atoms with Crippen LogP contribution in [-0.2, 0) is 16.0 Å². The van der Waals surface area contributed by atoms with Crippen LogP contribution < -0.4 is 10.6 Å². The van der Waals surface area contributed by atoms with Crippen molar-refractivity contribution in [2.24, 2.45) is 0 Å². The van der Waals surface area contributed by atoms with Gasteiger partial charge in [0, 0.05) is 22.7 Å². The Labute approximate surface area is 214 Å². The molecule has 0 saturated carbocycles. The molecule has 0 aliphatic rings. The fourth-order valence-electron chi connectivity index (χ4n) is 3.83. The Morgan fingerprint density at radius 3 is 2.42 bits per heavy atom. The van der Waals surface area contributed by atoms with E-state index in [0.29, 0.717) is 35.0 Å². The van der Waals surface area contributed by atoms with Crippen molar-refractivity contribution in [2.75, 3.05) is 17.2 Å². The number of rotatable bonds is 8. The number of halogens is 1. The van der Waals surface area contributed by atoms with Crippen molar-refractivity contribution in [1.82, 2.24) is 0 Å². The summed E-state index contributed by atoms with van der Waals surface area (Å²) in [6.45, 7) is 2.11. The van der Waals surface area contributed by atoms with Gasteiger partial charge in [-0.25, -0.2) is 0 Å². The van der Waals surface area contributed by atoms with Gasteiger partial charge in [0.05, 0.1) is 17.9 Å². The molecule has 0 unspecified atom stereocenters. The molecule has 0 bridgehead atoms. The highest BCUT2D eigenvalue weighted by molar-refractivity contribution is 6.31. The summed E-state index contributed by atoms with van der Waals surface area (Å²) in [6, 6.07) is 25.1. The summed E-state index contributed by atoms with van der Waals surface area (Å²) in [5.41, 5.74) is 2.50. The molecule has 0 saturated heterocycles. The molecule has 0 heterocycles. The zero-order chi connectivity index (χ0) is 25.5. The minimum atomic E-state index is -0.400. The lowest BCUT2D eigenvalue weighted by molar-refractivity contribution is -0.143. The maximum atomic E-state index is 13.1. The number of aryl methyl sites for hydroxylation is 1. The fourth-order valence-corrected chi connectivity index (χ4v) is 4.00. The quantitative estimate of drug-likeness (QED) is 0.271. The van der Waals surface area contributed by atoms with Crippen LogP contribution in [-0.4, -0.2) is 24.4 Å². The van der Waals surface area contributed by atoms with Crippen molar-refractivity contribution in [3.05, 3.63) is 107 Å². The molecule has 2 amide bonds. The van der Waals surface area contributed by atoms with Crippen molar-refractivity contribution in [2.45, 2.75) is 19.8 Å². The second kappa shape index (κ2) is 11.5.